The summed E-state index contributed by atoms with van der Waals surface area (Å²) in [7, 11) is 1.54. The number of hydrogen-bond donors (Lipinski definition) is 1. The Kier molecular flexibility index (Phi) is 4.34. The van der Waals surface area contributed by atoms with Crippen LogP contribution in [0.25, 0.3) is 10.9 Å². The van der Waals surface area contributed by atoms with Crippen LogP contribution in [0.5, 0.6) is 5.75 Å². The fourth-order valence-corrected chi connectivity index (χ4v) is 3.74. The number of carboxylic acids is 1. The minimum absolute atomic E-state index is 0.166. The number of halogens is 1. The zero-order valence-electron chi connectivity index (χ0n) is 13.0. The van der Waals surface area contributed by atoms with Crippen molar-refractivity contribution in [3.8, 4) is 5.75 Å². The molecule has 0 saturated heterocycles. The van der Waals surface area contributed by atoms with Gasteiger partial charge in [-0.1, -0.05) is 11.6 Å². The standard InChI is InChI=1S/C17H14ClNO4S/c1-9-11(8-16(20)21)12-7-10(23-2)3-4-13(12)19(9)17(22)14-5-6-15(18)24-14/h3-7H,8H2,1-2H3,(H,20,21). The number of thiophene rings is 1. The number of methoxy groups -OCH3 is 1. The maximum atomic E-state index is 12.9. The van der Waals surface area contributed by atoms with E-state index in [9.17, 15) is 14.7 Å². The van der Waals surface area contributed by atoms with Gasteiger partial charge in [-0.25, -0.2) is 0 Å². The number of carbonyl (C=O) groups is 2. The van der Waals surface area contributed by atoms with Gasteiger partial charge in [0.05, 0.1) is 28.3 Å². The van der Waals surface area contributed by atoms with Crippen molar-refractivity contribution in [2.75, 3.05) is 7.11 Å². The van der Waals surface area contributed by atoms with Gasteiger partial charge in [-0.3, -0.25) is 14.2 Å². The largest absolute Gasteiger partial charge is 0.497 e. The number of carboxylic acid groups (broad SMARTS) is 1. The van der Waals surface area contributed by atoms with Crippen LogP contribution in [0.1, 0.15) is 20.9 Å². The lowest BCUT2D eigenvalue weighted by Crippen LogP contribution is -2.12. The van der Waals surface area contributed by atoms with Crippen molar-refractivity contribution in [1.82, 2.24) is 4.57 Å². The van der Waals surface area contributed by atoms with Crippen molar-refractivity contribution in [2.24, 2.45) is 0 Å². The highest BCUT2D eigenvalue weighted by Crippen LogP contribution is 2.32. The number of hydrogen-bond acceptors (Lipinski definition) is 4. The lowest BCUT2D eigenvalue weighted by Gasteiger charge is -2.06. The molecule has 0 aliphatic rings. The Morgan fingerprint density at radius 2 is 2.04 bits per heavy atom. The van der Waals surface area contributed by atoms with E-state index in [1.54, 1.807) is 44.4 Å². The summed E-state index contributed by atoms with van der Waals surface area (Å²) < 4.78 is 7.29. The minimum Gasteiger partial charge on any atom is -0.497 e. The lowest BCUT2D eigenvalue weighted by molar-refractivity contribution is -0.136. The third-order valence-electron chi connectivity index (χ3n) is 3.86. The molecule has 0 radical (unpaired) electrons. The smallest absolute Gasteiger partial charge is 0.307 e. The van der Waals surface area contributed by atoms with Crippen molar-refractivity contribution in [3.05, 3.63) is 50.8 Å². The normalized spacial score (nSPS) is 11.0. The van der Waals surface area contributed by atoms with Gasteiger partial charge in [-0.15, -0.1) is 11.3 Å². The van der Waals surface area contributed by atoms with Crippen molar-refractivity contribution in [3.63, 3.8) is 0 Å². The zero-order chi connectivity index (χ0) is 17.4. The quantitative estimate of drug-likeness (QED) is 0.761. The molecule has 3 aromatic rings. The summed E-state index contributed by atoms with van der Waals surface area (Å²) in [4.78, 5) is 24.6. The van der Waals surface area contributed by atoms with Gasteiger partial charge in [0.25, 0.3) is 5.91 Å². The Bertz CT molecular complexity index is 957. The highest BCUT2D eigenvalue weighted by atomic mass is 35.5. The van der Waals surface area contributed by atoms with E-state index in [4.69, 9.17) is 16.3 Å². The van der Waals surface area contributed by atoms with Crippen molar-refractivity contribution in [1.29, 1.82) is 0 Å². The molecule has 0 bridgehead atoms. The van der Waals surface area contributed by atoms with Gasteiger partial charge in [0, 0.05) is 11.1 Å². The summed E-state index contributed by atoms with van der Waals surface area (Å²) in [6, 6.07) is 8.60. The summed E-state index contributed by atoms with van der Waals surface area (Å²) in [6.45, 7) is 1.75. The Labute approximate surface area is 147 Å². The molecule has 24 heavy (non-hydrogen) atoms. The molecular formula is C17H14ClNO4S. The predicted octanol–water partition coefficient (Wildman–Crippen LogP) is 3.99. The second-order valence-electron chi connectivity index (χ2n) is 5.26. The van der Waals surface area contributed by atoms with Crippen LogP contribution in [-0.4, -0.2) is 28.7 Å². The second-order valence-corrected chi connectivity index (χ2v) is 6.98. The van der Waals surface area contributed by atoms with Crippen LogP contribution in [-0.2, 0) is 11.2 Å². The maximum Gasteiger partial charge on any atom is 0.307 e. The van der Waals surface area contributed by atoms with Crippen molar-refractivity contribution in [2.45, 2.75) is 13.3 Å². The molecule has 5 nitrogen and oxygen atoms in total. The highest BCUT2D eigenvalue weighted by molar-refractivity contribution is 7.18. The topological polar surface area (TPSA) is 68.5 Å². The van der Waals surface area contributed by atoms with E-state index in [0.29, 0.717) is 37.1 Å². The SMILES string of the molecule is COc1ccc2c(c1)c(CC(=O)O)c(C)n2C(=O)c1ccc(Cl)s1. The summed E-state index contributed by atoms with van der Waals surface area (Å²) >= 11 is 7.12. The highest BCUT2D eigenvalue weighted by Gasteiger charge is 2.22. The van der Waals surface area contributed by atoms with E-state index in [1.807, 2.05) is 0 Å². The zero-order valence-corrected chi connectivity index (χ0v) is 14.6. The fourth-order valence-electron chi connectivity index (χ4n) is 2.76. The van der Waals surface area contributed by atoms with E-state index in [-0.39, 0.29) is 12.3 Å². The Morgan fingerprint density at radius 3 is 2.62 bits per heavy atom. The Hall–Kier alpha value is -2.31. The second kappa shape index (κ2) is 6.30. The Balaban J connectivity index is 2.25. The summed E-state index contributed by atoms with van der Waals surface area (Å²) in [5.74, 6) is -0.569. The molecule has 0 amide bonds. The van der Waals surface area contributed by atoms with Crippen LogP contribution in [0, 0.1) is 6.92 Å². The van der Waals surface area contributed by atoms with E-state index < -0.39 is 5.97 Å². The number of aliphatic carboxylic acids is 1. The molecule has 2 heterocycles. The van der Waals surface area contributed by atoms with Gasteiger partial charge in [0.2, 0.25) is 0 Å². The molecule has 0 spiro atoms. The van der Waals surface area contributed by atoms with Gasteiger partial charge in [0.15, 0.2) is 0 Å². The molecule has 0 saturated carbocycles. The fraction of sp³-hybridized carbons (Fsp3) is 0.176. The number of carbonyl (C=O) groups excluding carboxylic acids is 1. The molecule has 0 aliphatic carbocycles. The maximum absolute atomic E-state index is 12.9. The lowest BCUT2D eigenvalue weighted by atomic mass is 10.1. The molecule has 124 valence electrons. The van der Waals surface area contributed by atoms with Crippen molar-refractivity contribution >= 4 is 45.7 Å². The molecule has 0 unspecified atom stereocenters. The molecule has 0 atom stereocenters. The third kappa shape index (κ3) is 2.79. The first-order valence-corrected chi connectivity index (χ1v) is 8.31. The first-order chi connectivity index (χ1) is 11.4. The first kappa shape index (κ1) is 16.5. The first-order valence-electron chi connectivity index (χ1n) is 7.12. The monoisotopic (exact) mass is 363 g/mol. The molecule has 0 aliphatic heterocycles. The van der Waals surface area contributed by atoms with Crippen molar-refractivity contribution < 1.29 is 19.4 Å². The van der Waals surface area contributed by atoms with Gasteiger partial charge < -0.3 is 9.84 Å². The third-order valence-corrected chi connectivity index (χ3v) is 5.08. The van der Waals surface area contributed by atoms with Gasteiger partial charge in [0.1, 0.15) is 5.75 Å². The van der Waals surface area contributed by atoms with E-state index in [0.717, 1.165) is 0 Å². The molecule has 1 aromatic carbocycles. The number of fused-ring (bicyclic) bond motifs is 1. The molecule has 2 aromatic heterocycles. The molecule has 7 heteroatoms. The number of benzene rings is 1. The van der Waals surface area contributed by atoms with Crippen LogP contribution in [0.4, 0.5) is 0 Å². The minimum atomic E-state index is -0.952. The average molecular weight is 364 g/mol. The van der Waals surface area contributed by atoms with Crippen LogP contribution >= 0.6 is 22.9 Å². The summed E-state index contributed by atoms with van der Waals surface area (Å²) in [5.41, 5.74) is 1.86. The number of nitrogens with zero attached hydrogens (tertiary/aromatic N) is 1. The number of aromatic nitrogens is 1. The Morgan fingerprint density at radius 1 is 1.29 bits per heavy atom. The number of rotatable bonds is 4. The van der Waals surface area contributed by atoms with E-state index in [1.165, 1.54) is 15.9 Å². The van der Waals surface area contributed by atoms with E-state index >= 15 is 0 Å². The average Bonchev–Trinajstić information content (AvgIpc) is 3.09. The van der Waals surface area contributed by atoms with Crippen LogP contribution in [0.15, 0.2) is 30.3 Å². The predicted molar refractivity (Wildman–Crippen MR) is 93.6 cm³/mol. The molecule has 0 fully saturated rings. The van der Waals surface area contributed by atoms with Crippen LogP contribution in [0.3, 0.4) is 0 Å². The molecular weight excluding hydrogens is 350 g/mol. The van der Waals surface area contributed by atoms with Gasteiger partial charge >= 0.3 is 5.97 Å². The van der Waals surface area contributed by atoms with Gasteiger partial charge in [-0.05, 0) is 42.8 Å². The van der Waals surface area contributed by atoms with Crippen LogP contribution in [0.2, 0.25) is 4.34 Å². The van der Waals surface area contributed by atoms with E-state index in [2.05, 4.69) is 0 Å². The van der Waals surface area contributed by atoms with Crippen LogP contribution < -0.4 is 4.74 Å². The summed E-state index contributed by atoms with van der Waals surface area (Å²) in [6.07, 6.45) is -0.166. The van der Waals surface area contributed by atoms with Gasteiger partial charge in [-0.2, -0.15) is 0 Å². The summed E-state index contributed by atoms with van der Waals surface area (Å²) in [5, 5.41) is 9.90. The number of ether oxygens (including phenoxy) is 1. The molecule has 3 rings (SSSR count). The molecule has 1 N–H and O–H groups in total.